The highest BCUT2D eigenvalue weighted by Crippen LogP contribution is 2.27. The molecular formula is C20H22N6O4. The number of hydrogen-bond acceptors (Lipinski definition) is 8. The highest BCUT2D eigenvalue weighted by Gasteiger charge is 2.33. The molecule has 10 nitrogen and oxygen atoms in total. The molecule has 156 valence electrons. The molecule has 10 heteroatoms. The van der Waals surface area contributed by atoms with Crippen LogP contribution in [-0.4, -0.2) is 51.8 Å². The van der Waals surface area contributed by atoms with Crippen LogP contribution in [0.3, 0.4) is 0 Å². The Labute approximate surface area is 173 Å². The van der Waals surface area contributed by atoms with Crippen molar-refractivity contribution in [3.63, 3.8) is 0 Å². The third-order valence-corrected chi connectivity index (χ3v) is 4.53. The summed E-state index contributed by atoms with van der Waals surface area (Å²) >= 11 is 0. The van der Waals surface area contributed by atoms with Crippen molar-refractivity contribution in [2.45, 2.75) is 19.4 Å². The lowest BCUT2D eigenvalue weighted by molar-refractivity contribution is -0.124. The van der Waals surface area contributed by atoms with Gasteiger partial charge in [0.2, 0.25) is 0 Å². The number of nitrogens with one attached hydrogen (secondary N) is 3. The lowest BCUT2D eigenvalue weighted by Gasteiger charge is -2.19. The van der Waals surface area contributed by atoms with E-state index in [1.54, 1.807) is 0 Å². The molecule has 0 saturated carbocycles. The summed E-state index contributed by atoms with van der Waals surface area (Å²) in [7, 11) is 3.03. The van der Waals surface area contributed by atoms with E-state index in [1.807, 2.05) is 37.3 Å². The van der Waals surface area contributed by atoms with E-state index in [2.05, 4.69) is 25.9 Å². The van der Waals surface area contributed by atoms with Gasteiger partial charge in [-0.1, -0.05) is 37.3 Å². The molecule has 0 fully saturated rings. The lowest BCUT2D eigenvalue weighted by Crippen LogP contribution is -2.29. The Morgan fingerprint density at radius 3 is 2.43 bits per heavy atom. The van der Waals surface area contributed by atoms with Gasteiger partial charge in [-0.3, -0.25) is 19.7 Å². The molecule has 0 unspecified atom stereocenters. The number of amides is 3. The summed E-state index contributed by atoms with van der Waals surface area (Å²) in [5.41, 5.74) is 0.636. The number of carbonyl (C=O) groups is 3. The number of nitrogens with zero attached hydrogens (tertiary/aromatic N) is 3. The Bertz CT molecular complexity index is 1020. The van der Waals surface area contributed by atoms with Crippen LogP contribution in [0.2, 0.25) is 0 Å². The SMILES string of the molecule is CC[C@@H](NC1=C(Nc2ncnc(C(=O)N(C)C)c2O)C(=O)NC1=O)c1ccccc1. The van der Waals surface area contributed by atoms with Crippen LogP contribution in [0, 0.1) is 0 Å². The van der Waals surface area contributed by atoms with Gasteiger partial charge in [-0.15, -0.1) is 0 Å². The summed E-state index contributed by atoms with van der Waals surface area (Å²) in [4.78, 5) is 45.8. The molecule has 0 aliphatic carbocycles. The molecule has 1 aliphatic heterocycles. The maximum atomic E-state index is 12.4. The van der Waals surface area contributed by atoms with Crippen LogP contribution in [-0.2, 0) is 9.59 Å². The predicted molar refractivity (Wildman–Crippen MR) is 108 cm³/mol. The number of aromatic hydroxyl groups is 1. The third-order valence-electron chi connectivity index (χ3n) is 4.53. The van der Waals surface area contributed by atoms with Crippen molar-refractivity contribution >= 4 is 23.5 Å². The lowest BCUT2D eigenvalue weighted by atomic mass is 10.0. The van der Waals surface area contributed by atoms with Crippen molar-refractivity contribution in [2.24, 2.45) is 0 Å². The highest BCUT2D eigenvalue weighted by atomic mass is 16.3. The molecule has 1 aliphatic rings. The van der Waals surface area contributed by atoms with Gasteiger partial charge in [-0.25, -0.2) is 9.97 Å². The van der Waals surface area contributed by atoms with Gasteiger partial charge in [0.1, 0.15) is 17.7 Å². The second kappa shape index (κ2) is 8.60. The van der Waals surface area contributed by atoms with Crippen LogP contribution in [0.5, 0.6) is 5.75 Å². The van der Waals surface area contributed by atoms with E-state index in [1.165, 1.54) is 19.0 Å². The van der Waals surface area contributed by atoms with E-state index in [-0.39, 0.29) is 28.9 Å². The Kier molecular flexibility index (Phi) is 5.95. The fourth-order valence-electron chi connectivity index (χ4n) is 2.95. The van der Waals surface area contributed by atoms with Crippen LogP contribution in [0.25, 0.3) is 0 Å². The molecule has 2 heterocycles. The van der Waals surface area contributed by atoms with Crippen LogP contribution in [0.1, 0.15) is 35.4 Å². The second-order valence-corrected chi connectivity index (χ2v) is 6.79. The van der Waals surface area contributed by atoms with Crippen LogP contribution in [0.4, 0.5) is 5.82 Å². The first-order valence-electron chi connectivity index (χ1n) is 9.27. The number of hydrogen-bond donors (Lipinski definition) is 4. The maximum Gasteiger partial charge on any atom is 0.277 e. The van der Waals surface area contributed by atoms with Gasteiger partial charge in [-0.05, 0) is 12.0 Å². The second-order valence-electron chi connectivity index (χ2n) is 6.79. The minimum atomic E-state index is -0.677. The average Bonchev–Trinajstić information content (AvgIpc) is 3.00. The van der Waals surface area contributed by atoms with Gasteiger partial charge in [0.15, 0.2) is 17.3 Å². The molecule has 30 heavy (non-hydrogen) atoms. The van der Waals surface area contributed by atoms with E-state index in [4.69, 9.17) is 0 Å². The van der Waals surface area contributed by atoms with Gasteiger partial charge >= 0.3 is 0 Å². The molecule has 4 N–H and O–H groups in total. The van der Waals surface area contributed by atoms with Crippen LogP contribution < -0.4 is 16.0 Å². The zero-order valence-corrected chi connectivity index (χ0v) is 16.8. The first kappa shape index (κ1) is 20.8. The van der Waals surface area contributed by atoms with Crippen molar-refractivity contribution in [3.05, 3.63) is 59.3 Å². The summed E-state index contributed by atoms with van der Waals surface area (Å²) in [6.07, 6.45) is 1.74. The van der Waals surface area contributed by atoms with E-state index in [0.29, 0.717) is 6.42 Å². The average molecular weight is 410 g/mol. The van der Waals surface area contributed by atoms with Crippen LogP contribution in [0.15, 0.2) is 48.1 Å². The van der Waals surface area contributed by atoms with Gasteiger partial charge in [0.05, 0.1) is 6.04 Å². The van der Waals surface area contributed by atoms with Crippen molar-refractivity contribution in [3.8, 4) is 5.75 Å². The first-order valence-corrected chi connectivity index (χ1v) is 9.27. The van der Waals surface area contributed by atoms with Gasteiger partial charge in [-0.2, -0.15) is 0 Å². The largest absolute Gasteiger partial charge is 0.503 e. The van der Waals surface area contributed by atoms with Gasteiger partial charge in [0.25, 0.3) is 17.7 Å². The Balaban J connectivity index is 1.95. The molecule has 1 aromatic carbocycles. The van der Waals surface area contributed by atoms with Gasteiger partial charge in [0, 0.05) is 14.1 Å². The summed E-state index contributed by atoms with van der Waals surface area (Å²) in [6.45, 7) is 1.95. The maximum absolute atomic E-state index is 12.4. The van der Waals surface area contributed by atoms with E-state index in [9.17, 15) is 19.5 Å². The number of rotatable bonds is 7. The van der Waals surface area contributed by atoms with Crippen molar-refractivity contribution in [1.29, 1.82) is 0 Å². The molecule has 3 rings (SSSR count). The van der Waals surface area contributed by atoms with E-state index in [0.717, 1.165) is 11.9 Å². The predicted octanol–water partition coefficient (Wildman–Crippen LogP) is 0.905. The topological polar surface area (TPSA) is 137 Å². The summed E-state index contributed by atoms with van der Waals surface area (Å²) < 4.78 is 0. The van der Waals surface area contributed by atoms with Crippen molar-refractivity contribution in [2.75, 3.05) is 19.4 Å². The van der Waals surface area contributed by atoms with E-state index < -0.39 is 23.5 Å². The fourth-order valence-corrected chi connectivity index (χ4v) is 2.95. The molecule has 0 radical (unpaired) electrons. The zero-order valence-electron chi connectivity index (χ0n) is 16.8. The molecule has 1 aromatic heterocycles. The molecule has 3 amide bonds. The van der Waals surface area contributed by atoms with Gasteiger partial charge < -0.3 is 20.6 Å². The standard InChI is InChI=1S/C20H22N6O4/c1-4-12(11-8-6-5-7-9-11)23-13-14(19(29)25-18(13)28)24-17-16(27)15(21-10-22-17)20(30)26(2)3/h5-10,12,27H,4H2,1-3H3,(H3,21,22,23,24,25,28,29)/t12-/m1/s1. The smallest absolute Gasteiger partial charge is 0.277 e. The number of benzene rings is 1. The quantitative estimate of drug-likeness (QED) is 0.494. The zero-order chi connectivity index (χ0) is 21.8. The Morgan fingerprint density at radius 2 is 1.80 bits per heavy atom. The minimum Gasteiger partial charge on any atom is -0.503 e. The highest BCUT2D eigenvalue weighted by molar-refractivity contribution is 6.20. The molecule has 1 atom stereocenters. The van der Waals surface area contributed by atoms with E-state index >= 15 is 0 Å². The minimum absolute atomic E-state index is 0.0224. The third kappa shape index (κ3) is 4.07. The number of carbonyl (C=O) groups excluding carboxylic acids is 3. The number of anilines is 1. The number of imide groups is 1. The molecule has 0 bridgehead atoms. The van der Waals surface area contributed by atoms with Crippen molar-refractivity contribution in [1.82, 2.24) is 25.5 Å². The van der Waals surface area contributed by atoms with Crippen LogP contribution >= 0.6 is 0 Å². The normalized spacial score (nSPS) is 14.4. The molecule has 2 aromatic rings. The summed E-state index contributed by atoms with van der Waals surface area (Å²) in [6, 6.07) is 9.26. The molecule has 0 saturated heterocycles. The molecular weight excluding hydrogens is 388 g/mol. The summed E-state index contributed by atoms with van der Waals surface area (Å²) in [5, 5.41) is 18.4. The fraction of sp³-hybridized carbons (Fsp3) is 0.250. The number of aromatic nitrogens is 2. The molecule has 0 spiro atoms. The Morgan fingerprint density at radius 1 is 1.13 bits per heavy atom. The summed E-state index contributed by atoms with van der Waals surface area (Å²) in [5.74, 6) is -2.50. The Hall–Kier alpha value is -3.95. The van der Waals surface area contributed by atoms with Crippen molar-refractivity contribution < 1.29 is 19.5 Å². The monoisotopic (exact) mass is 410 g/mol. The first-order chi connectivity index (χ1) is 14.3.